The number of piperidine rings is 2. The Labute approximate surface area is 876 Å². The third-order valence-corrected chi connectivity index (χ3v) is 30.6. The van der Waals surface area contributed by atoms with Crippen molar-refractivity contribution in [1.29, 1.82) is 0 Å². The van der Waals surface area contributed by atoms with Gasteiger partial charge in [0.05, 0.1) is 104 Å². The van der Waals surface area contributed by atoms with Crippen molar-refractivity contribution >= 4 is 151 Å². The highest BCUT2D eigenvalue weighted by atomic mass is 79.9. The number of hydrogen-bond acceptors (Lipinski definition) is 28. The smallest absolute Gasteiger partial charge is 0.248 e. The number of nitrogens with zero attached hydrogens (tertiary/aromatic N) is 20. The number of carbonyl (C=O) groups is 11. The van der Waals surface area contributed by atoms with Gasteiger partial charge in [0.1, 0.15) is 91.3 Å². The highest BCUT2D eigenvalue weighted by Gasteiger charge is 2.69. The molecule has 0 unspecified atom stereocenters. The second kappa shape index (κ2) is 44.0. The van der Waals surface area contributed by atoms with E-state index in [0.29, 0.717) is 163 Å². The molecular weight excluding hydrogens is 2090 g/mol. The number of halogens is 4. The van der Waals surface area contributed by atoms with Gasteiger partial charge in [-0.2, -0.15) is 15.3 Å². The van der Waals surface area contributed by atoms with Crippen LogP contribution in [0.4, 0.5) is 10.2 Å². The molecule has 21 rings (SSSR count). The van der Waals surface area contributed by atoms with Gasteiger partial charge in [-0.1, -0.05) is 62.1 Å². The number of nitrogens with one attached hydrogen (secondary N) is 2. The predicted octanol–water partition coefficient (Wildman–Crippen LogP) is 15.2. The summed E-state index contributed by atoms with van der Waals surface area (Å²) in [6.07, 6.45) is 24.6. The molecular formula is C108H110Br3FN22O14. The van der Waals surface area contributed by atoms with Gasteiger partial charge in [0.25, 0.3) is 0 Å². The maximum absolute atomic E-state index is 16.5. The fraction of sp³-hybridized carbons (Fsp3) is 0.417. The summed E-state index contributed by atoms with van der Waals surface area (Å²) in [6.45, 7) is 9.94. The average molecular weight is 2200 g/mol. The van der Waals surface area contributed by atoms with E-state index in [4.69, 9.17) is 19.2 Å². The van der Waals surface area contributed by atoms with E-state index in [0.717, 1.165) is 109 Å². The van der Waals surface area contributed by atoms with Crippen molar-refractivity contribution in [2.24, 2.45) is 10.8 Å². The zero-order valence-electron chi connectivity index (χ0n) is 82.8. The summed E-state index contributed by atoms with van der Waals surface area (Å²) >= 11 is 10.3. The van der Waals surface area contributed by atoms with Gasteiger partial charge in [0, 0.05) is 152 Å². The Balaban J connectivity index is 0.000000140. The second-order valence-electron chi connectivity index (χ2n) is 39.8. The number of fused-ring (bicyclic) bond motifs is 12. The standard InChI is InChI=1S/C40H41BrN8O4.C34H36BrFN8O5.C34H33BrN6O5/c1-24(50)37-30-17-27(28-20-42-25(2)43-21-28)13-15-31(30)48(47-37)22-36(51)49-32-18-40(19-33(40)49)23-53-35-12-8-11-29(44-35)10-7-5-3-4-6-9-26-14-16-34(41)45-38(26)46-39(32)52;1-20(45)33-24-10-25(23-13-37-21(2)38-14-23)39-15-28(24)44(42-33)16-32(48)43-19-34(36)12-27(43)29(46)11-26-22(7-8-30(35)41-26)17-49-9-5-3-4-6-31(47)40-18-34;1-19(42)33-25-11-21(23-15-36-20(2)37-16-23)3-5-27(25)40(39-33)17-32(45)41-28-13-34(14-30(34)41)9-7-24(43)8-10-46-18-22-4-6-31(35)38-26(22)12-29(28)44/h8,11-17,20-21,32-33H,3-7,9-10,18-19,22-23H2,1-2H3,(H,45,46,52);7-8,10,13-15,27H,3-6,9,11-12,16-19H2,1-2H3,(H,40,47);3-6,11,15-16,28,30H,7-10,12-14,17-18H2,1-2H3/t32-,33+,40-;27-,34-;28-,30+,34-/m000/s1. The van der Waals surface area contributed by atoms with E-state index in [-0.39, 0.29) is 152 Å². The molecule has 6 aliphatic heterocycles. The molecule has 8 bridgehead atoms. The van der Waals surface area contributed by atoms with E-state index < -0.39 is 47.4 Å². The van der Waals surface area contributed by atoms with Crippen LogP contribution in [0.1, 0.15) is 213 Å². The molecule has 2 aliphatic carbocycles. The number of likely N-dealkylation sites (tertiary alicyclic amines) is 3. The minimum Gasteiger partial charge on any atom is -0.477 e. The Hall–Kier alpha value is -13.7. The summed E-state index contributed by atoms with van der Waals surface area (Å²) < 4.78 is 40.7. The lowest BCUT2D eigenvalue weighted by atomic mass is 9.90. The van der Waals surface area contributed by atoms with Crippen molar-refractivity contribution < 1.29 is 71.3 Å². The van der Waals surface area contributed by atoms with Crippen LogP contribution in [0.5, 0.6) is 5.88 Å². The minimum absolute atomic E-state index is 0.0684. The molecule has 13 aromatic rings. The van der Waals surface area contributed by atoms with Crippen LogP contribution in [-0.2, 0) is 106 Å². The quantitative estimate of drug-likeness (QED) is 0.0847. The van der Waals surface area contributed by atoms with E-state index in [1.54, 1.807) is 81.5 Å². The van der Waals surface area contributed by atoms with E-state index in [2.05, 4.69) is 124 Å². The fourth-order valence-corrected chi connectivity index (χ4v) is 22.2. The van der Waals surface area contributed by atoms with Crippen molar-refractivity contribution in [2.45, 2.75) is 245 Å². The van der Waals surface area contributed by atoms with Crippen LogP contribution < -0.4 is 15.4 Å². The van der Waals surface area contributed by atoms with Gasteiger partial charge in [-0.05, 0) is 227 Å². The minimum atomic E-state index is -2.04. The molecule has 8 atom stereocenters. The van der Waals surface area contributed by atoms with Gasteiger partial charge in [0.2, 0.25) is 35.4 Å². The number of benzene rings is 2. The van der Waals surface area contributed by atoms with Crippen LogP contribution in [0.2, 0.25) is 0 Å². The van der Waals surface area contributed by atoms with Crippen LogP contribution in [0.25, 0.3) is 66.2 Å². The van der Waals surface area contributed by atoms with Gasteiger partial charge < -0.3 is 39.5 Å². The number of Topliss-reactive ketones (excluding diaryl/α,β-unsaturated/α-hetero) is 6. The fourth-order valence-electron chi connectivity index (χ4n) is 21.2. The van der Waals surface area contributed by atoms with Crippen LogP contribution in [-0.4, -0.2) is 232 Å². The number of hydrogen-bond donors (Lipinski definition) is 2. The molecule has 2 spiro atoms. The molecule has 17 heterocycles. The van der Waals surface area contributed by atoms with E-state index in [9.17, 15) is 52.7 Å². The third kappa shape index (κ3) is 22.9. The van der Waals surface area contributed by atoms with Gasteiger partial charge in [-0.3, -0.25) is 71.8 Å². The zero-order chi connectivity index (χ0) is 104. The number of carbonyl (C=O) groups excluding carboxylic acids is 11. The summed E-state index contributed by atoms with van der Waals surface area (Å²) in [5, 5.41) is 21.2. The Bertz CT molecular complexity index is 7410. The number of aryl methyl sites for hydroxylation is 5. The van der Waals surface area contributed by atoms with Crippen LogP contribution >= 0.6 is 47.8 Å². The van der Waals surface area contributed by atoms with Gasteiger partial charge in [0.15, 0.2) is 28.9 Å². The topological polar surface area (TPSA) is 444 Å². The molecule has 3 saturated heterocycles. The van der Waals surface area contributed by atoms with Crippen molar-refractivity contribution in [1.82, 2.24) is 104 Å². The number of amides is 5. The van der Waals surface area contributed by atoms with Crippen LogP contribution in [0.3, 0.4) is 0 Å². The van der Waals surface area contributed by atoms with Crippen molar-refractivity contribution in [3.63, 3.8) is 0 Å². The van der Waals surface area contributed by atoms with Crippen LogP contribution in [0, 0.1) is 31.6 Å². The van der Waals surface area contributed by atoms with Crippen molar-refractivity contribution in [2.75, 3.05) is 38.2 Å². The Morgan fingerprint density at radius 3 is 1.56 bits per heavy atom. The van der Waals surface area contributed by atoms with Crippen LogP contribution in [0.15, 0.2) is 154 Å². The molecule has 2 aromatic carbocycles. The molecule has 0 radical (unpaired) electrons. The molecule has 40 heteroatoms. The lowest BCUT2D eigenvalue weighted by molar-refractivity contribution is -0.139. The monoisotopic (exact) mass is 2190 g/mol. The highest BCUT2D eigenvalue weighted by molar-refractivity contribution is 9.11. The SMILES string of the molecule is CC(=O)c1nn(CC(=O)N2C[C@@]3(F)CNC(=O)CCCCCOCc4ccc(Br)nc4CC(=O)[C@@H]2C3)c2cnc(-c3cnc(C)nc3)cc12.CC(=O)c1nn(CC(=O)N2[C@H]3C[C@@]4(CCC(=O)CCOCc5ccc(Br)nc5CC3=O)C[C@@H]24)c2ccc(-c3cnc(C)nc3)cc12.CC(=O)c1nn(CC(=O)N2[C@H]3C[C@@]4(COc5cccc(n5)CCCCCCCc5ccc(Br)nc5NC3=O)C[C@@H]24)c2ccc(-c3cnc(C)nc3)cc12. The molecule has 11 aromatic heterocycles. The van der Waals surface area contributed by atoms with Gasteiger partial charge in [-0.25, -0.2) is 54.2 Å². The number of ether oxygens (including phenoxy) is 3. The Morgan fingerprint density at radius 1 is 0.459 bits per heavy atom. The molecule has 148 heavy (non-hydrogen) atoms. The molecule has 36 nitrogen and oxygen atoms in total. The Morgan fingerprint density at radius 2 is 0.959 bits per heavy atom. The molecule has 5 amide bonds. The van der Waals surface area contributed by atoms with E-state index in [1.165, 1.54) is 36.5 Å². The summed E-state index contributed by atoms with van der Waals surface area (Å²) in [5.74, 6) is 0.255. The highest BCUT2D eigenvalue weighted by Crippen LogP contribution is 2.63. The van der Waals surface area contributed by atoms with E-state index >= 15 is 4.39 Å². The molecule has 5 fully saturated rings. The first kappa shape index (κ1) is 103. The van der Waals surface area contributed by atoms with E-state index in [1.807, 2.05) is 92.7 Å². The van der Waals surface area contributed by atoms with Gasteiger partial charge >= 0.3 is 0 Å². The summed E-state index contributed by atoms with van der Waals surface area (Å²) in [4.78, 5) is 202. The number of ketones is 6. The number of aromatic nitrogens is 17. The van der Waals surface area contributed by atoms with Crippen molar-refractivity contribution in [3.05, 3.63) is 223 Å². The summed E-state index contributed by atoms with van der Waals surface area (Å²) in [5.41, 5.74) is 8.70. The zero-order valence-corrected chi connectivity index (χ0v) is 87.5. The lowest BCUT2D eigenvalue weighted by Crippen LogP contribution is -2.47. The molecule has 2 N–H and O–H groups in total. The number of rotatable bonds is 12. The average Bonchev–Trinajstić information content (AvgIpc) is 1.53. The maximum Gasteiger partial charge on any atom is 0.248 e. The summed E-state index contributed by atoms with van der Waals surface area (Å²) in [6, 6.07) is 27.2. The molecule has 2 saturated carbocycles. The third-order valence-electron chi connectivity index (χ3n) is 29.3. The van der Waals surface area contributed by atoms with Gasteiger partial charge in [-0.15, -0.1) is 0 Å². The molecule has 8 aliphatic rings. The second-order valence-corrected chi connectivity index (χ2v) is 42.2. The molecule has 764 valence electrons. The number of anilines is 1. The first-order chi connectivity index (χ1) is 71.3. The number of pyridine rings is 5. The first-order valence-electron chi connectivity index (χ1n) is 50.0. The Kier molecular flexibility index (Phi) is 30.6. The maximum atomic E-state index is 16.5. The first-order valence-corrected chi connectivity index (χ1v) is 52.4. The number of alkyl halides is 1. The largest absolute Gasteiger partial charge is 0.477 e. The lowest BCUT2D eigenvalue weighted by Gasteiger charge is -2.27. The van der Waals surface area contributed by atoms with Crippen molar-refractivity contribution in [3.8, 4) is 39.4 Å². The summed E-state index contributed by atoms with van der Waals surface area (Å²) in [7, 11) is 0. The predicted molar refractivity (Wildman–Crippen MR) is 552 cm³/mol. The normalized spacial score (nSPS) is 21.9.